The van der Waals surface area contributed by atoms with E-state index < -0.39 is 0 Å². The van der Waals surface area contributed by atoms with Crippen molar-refractivity contribution in [1.29, 1.82) is 0 Å². The summed E-state index contributed by atoms with van der Waals surface area (Å²) in [5.74, 6) is 0. The lowest BCUT2D eigenvalue weighted by molar-refractivity contribution is -0.0267. The summed E-state index contributed by atoms with van der Waals surface area (Å²) in [4.78, 5) is 2.49. The molecule has 4 heteroatoms. The molecule has 1 heterocycles. The maximum Gasteiger partial charge on any atom is 0.0826 e. The van der Waals surface area contributed by atoms with Gasteiger partial charge in [0.05, 0.1) is 12.7 Å². The van der Waals surface area contributed by atoms with Gasteiger partial charge in [-0.25, -0.2) is 0 Å². The summed E-state index contributed by atoms with van der Waals surface area (Å²) < 4.78 is 5.84. The zero-order valence-electron chi connectivity index (χ0n) is 11.9. The molecule has 18 heavy (non-hydrogen) atoms. The van der Waals surface area contributed by atoms with E-state index in [1.54, 1.807) is 0 Å². The van der Waals surface area contributed by atoms with Gasteiger partial charge >= 0.3 is 0 Å². The molecule has 1 aliphatic heterocycles. The summed E-state index contributed by atoms with van der Waals surface area (Å²) in [6, 6.07) is 0.719. The van der Waals surface area contributed by atoms with Crippen LogP contribution in [0.25, 0.3) is 0 Å². The van der Waals surface area contributed by atoms with Gasteiger partial charge in [0.1, 0.15) is 0 Å². The van der Waals surface area contributed by atoms with Gasteiger partial charge in [-0.05, 0) is 32.1 Å². The molecule has 1 N–H and O–H groups in total. The van der Waals surface area contributed by atoms with E-state index in [0.29, 0.717) is 6.10 Å². The van der Waals surface area contributed by atoms with Crippen molar-refractivity contribution in [1.82, 2.24) is 10.2 Å². The molecular formula is C14H28N2OS. The Morgan fingerprint density at radius 3 is 3.06 bits per heavy atom. The van der Waals surface area contributed by atoms with Gasteiger partial charge < -0.3 is 10.1 Å². The molecule has 1 saturated carbocycles. The third-order valence-corrected chi connectivity index (χ3v) is 5.36. The summed E-state index contributed by atoms with van der Waals surface area (Å²) in [5, 5.41) is 4.61. The lowest BCUT2D eigenvalue weighted by Gasteiger charge is -2.34. The summed E-state index contributed by atoms with van der Waals surface area (Å²) in [7, 11) is 0. The average molecular weight is 272 g/mol. The third kappa shape index (κ3) is 4.41. The predicted octanol–water partition coefficient (Wildman–Crippen LogP) is 1.97. The molecule has 3 atom stereocenters. The summed E-state index contributed by atoms with van der Waals surface area (Å²) in [6.07, 6.45) is 8.12. The number of thioether (sulfide) groups is 1. The number of ether oxygens (including phenoxy) is 1. The molecule has 0 radical (unpaired) electrons. The van der Waals surface area contributed by atoms with Crippen molar-refractivity contribution in [3.8, 4) is 0 Å². The van der Waals surface area contributed by atoms with Gasteiger partial charge in [0, 0.05) is 30.9 Å². The van der Waals surface area contributed by atoms with Crippen LogP contribution in [0.15, 0.2) is 0 Å². The Kier molecular flexibility index (Phi) is 6.29. The first-order chi connectivity index (χ1) is 8.81. The van der Waals surface area contributed by atoms with Crippen molar-refractivity contribution in [2.75, 3.05) is 39.0 Å². The Morgan fingerprint density at radius 1 is 1.39 bits per heavy atom. The van der Waals surface area contributed by atoms with Crippen LogP contribution >= 0.6 is 11.8 Å². The van der Waals surface area contributed by atoms with Crippen LogP contribution in [0.3, 0.4) is 0 Å². The molecule has 3 nitrogen and oxygen atoms in total. The van der Waals surface area contributed by atoms with Crippen molar-refractivity contribution < 1.29 is 4.74 Å². The van der Waals surface area contributed by atoms with Crippen LogP contribution in [-0.2, 0) is 4.74 Å². The fraction of sp³-hybridized carbons (Fsp3) is 1.00. The highest BCUT2D eigenvalue weighted by Gasteiger charge is 2.23. The molecule has 106 valence electrons. The zero-order chi connectivity index (χ0) is 12.8. The van der Waals surface area contributed by atoms with Gasteiger partial charge in [-0.3, -0.25) is 4.90 Å². The van der Waals surface area contributed by atoms with Gasteiger partial charge in [0.25, 0.3) is 0 Å². The van der Waals surface area contributed by atoms with Crippen molar-refractivity contribution in [3.63, 3.8) is 0 Å². The quantitative estimate of drug-likeness (QED) is 0.827. The van der Waals surface area contributed by atoms with E-state index in [-0.39, 0.29) is 0 Å². The van der Waals surface area contributed by atoms with Crippen LogP contribution < -0.4 is 5.32 Å². The second-order valence-electron chi connectivity index (χ2n) is 5.52. The minimum Gasteiger partial charge on any atom is -0.374 e. The third-order valence-electron chi connectivity index (χ3n) is 4.26. The van der Waals surface area contributed by atoms with Crippen molar-refractivity contribution in [3.05, 3.63) is 0 Å². The first kappa shape index (κ1) is 14.6. The van der Waals surface area contributed by atoms with E-state index in [0.717, 1.165) is 44.1 Å². The molecule has 3 unspecified atom stereocenters. The molecule has 0 aromatic carbocycles. The van der Waals surface area contributed by atoms with Crippen LogP contribution in [0, 0.1) is 0 Å². The van der Waals surface area contributed by atoms with E-state index in [1.165, 1.54) is 25.7 Å². The Hall–Kier alpha value is 0.230. The number of morpholine rings is 1. The number of likely N-dealkylation sites (N-methyl/N-ethyl adjacent to an activating group) is 1. The van der Waals surface area contributed by atoms with Crippen LogP contribution in [0.5, 0.6) is 0 Å². The number of nitrogens with one attached hydrogen (secondary N) is 1. The molecule has 0 aromatic heterocycles. The monoisotopic (exact) mass is 272 g/mol. The highest BCUT2D eigenvalue weighted by molar-refractivity contribution is 7.99. The topological polar surface area (TPSA) is 24.5 Å². The Balaban J connectivity index is 1.67. The smallest absolute Gasteiger partial charge is 0.0826 e. The van der Waals surface area contributed by atoms with Crippen molar-refractivity contribution in [2.24, 2.45) is 0 Å². The maximum absolute atomic E-state index is 5.84. The SMILES string of the molecule is CCN1CCOC(CNC2CCCC(SC)C2)C1. The van der Waals surface area contributed by atoms with E-state index >= 15 is 0 Å². The highest BCUT2D eigenvalue weighted by Crippen LogP contribution is 2.26. The normalized spacial score (nSPS) is 34.7. The number of hydrogen-bond donors (Lipinski definition) is 1. The molecule has 2 aliphatic rings. The minimum absolute atomic E-state index is 0.397. The lowest BCUT2D eigenvalue weighted by atomic mass is 9.95. The zero-order valence-corrected chi connectivity index (χ0v) is 12.7. The van der Waals surface area contributed by atoms with Crippen molar-refractivity contribution in [2.45, 2.75) is 50.0 Å². The molecule has 1 aliphatic carbocycles. The molecule has 2 rings (SSSR count). The minimum atomic E-state index is 0.397. The standard InChI is InChI=1S/C14H28N2OS/c1-3-16-7-8-17-13(11-16)10-15-12-5-4-6-14(9-12)18-2/h12-15H,3-11H2,1-2H3. The molecular weight excluding hydrogens is 244 g/mol. The Morgan fingerprint density at radius 2 is 2.28 bits per heavy atom. The van der Waals surface area contributed by atoms with E-state index in [2.05, 4.69) is 23.4 Å². The molecule has 1 saturated heterocycles. The Labute approximate surface area is 116 Å². The lowest BCUT2D eigenvalue weighted by Crippen LogP contribution is -2.48. The molecule has 0 amide bonds. The van der Waals surface area contributed by atoms with Crippen LogP contribution in [0.4, 0.5) is 0 Å². The van der Waals surface area contributed by atoms with E-state index in [4.69, 9.17) is 4.74 Å². The number of nitrogens with zero attached hydrogens (tertiary/aromatic N) is 1. The average Bonchev–Trinajstić information content (AvgIpc) is 2.45. The number of rotatable bonds is 5. The predicted molar refractivity (Wildman–Crippen MR) is 79.4 cm³/mol. The summed E-state index contributed by atoms with van der Waals surface area (Å²) in [5.41, 5.74) is 0. The Bertz CT molecular complexity index is 216. The fourth-order valence-corrected chi connectivity index (χ4v) is 3.86. The second-order valence-corrected chi connectivity index (χ2v) is 6.65. The number of hydrogen-bond acceptors (Lipinski definition) is 4. The van der Waals surface area contributed by atoms with Gasteiger partial charge in [0.2, 0.25) is 0 Å². The first-order valence-corrected chi connectivity index (χ1v) is 8.70. The van der Waals surface area contributed by atoms with Crippen LogP contribution in [0.2, 0.25) is 0 Å². The van der Waals surface area contributed by atoms with Crippen LogP contribution in [0.1, 0.15) is 32.6 Å². The summed E-state index contributed by atoms with van der Waals surface area (Å²) in [6.45, 7) is 7.52. The molecule has 0 bridgehead atoms. The molecule has 0 spiro atoms. The highest BCUT2D eigenvalue weighted by atomic mass is 32.2. The largest absolute Gasteiger partial charge is 0.374 e. The second kappa shape index (κ2) is 7.73. The fourth-order valence-electron chi connectivity index (χ4n) is 3.03. The maximum atomic E-state index is 5.84. The van der Waals surface area contributed by atoms with E-state index in [1.807, 2.05) is 11.8 Å². The molecule has 2 fully saturated rings. The van der Waals surface area contributed by atoms with Gasteiger partial charge in [-0.1, -0.05) is 13.3 Å². The van der Waals surface area contributed by atoms with Gasteiger partial charge in [-0.2, -0.15) is 11.8 Å². The van der Waals surface area contributed by atoms with Crippen LogP contribution in [-0.4, -0.2) is 61.3 Å². The van der Waals surface area contributed by atoms with Crippen molar-refractivity contribution >= 4 is 11.8 Å². The first-order valence-electron chi connectivity index (χ1n) is 7.42. The summed E-state index contributed by atoms with van der Waals surface area (Å²) >= 11 is 2.04. The van der Waals surface area contributed by atoms with Gasteiger partial charge in [0.15, 0.2) is 0 Å². The van der Waals surface area contributed by atoms with E-state index in [9.17, 15) is 0 Å². The van der Waals surface area contributed by atoms with Gasteiger partial charge in [-0.15, -0.1) is 0 Å². The molecule has 0 aromatic rings.